The number of rotatable bonds is 4. The summed E-state index contributed by atoms with van der Waals surface area (Å²) in [6.07, 6.45) is 1.93. The molecule has 2 atom stereocenters. The summed E-state index contributed by atoms with van der Waals surface area (Å²) in [5.41, 5.74) is 1.12. The van der Waals surface area contributed by atoms with E-state index in [-0.39, 0.29) is 28.7 Å². The molecule has 1 aliphatic carbocycles. The van der Waals surface area contributed by atoms with E-state index in [1.54, 1.807) is 0 Å². The summed E-state index contributed by atoms with van der Waals surface area (Å²) in [5, 5.41) is 7.39. The number of nitrogens with one attached hydrogen (secondary N) is 1. The molecule has 0 spiro atoms. The topological polar surface area (TPSA) is 55.1 Å². The summed E-state index contributed by atoms with van der Waals surface area (Å²) in [6.45, 7) is 14.7. The number of hydrogen-bond acceptors (Lipinski definition) is 3. The van der Waals surface area contributed by atoms with Crippen molar-refractivity contribution in [2.24, 2.45) is 17.3 Å². The van der Waals surface area contributed by atoms with Crippen molar-refractivity contribution in [2.45, 2.75) is 72.8 Å². The third-order valence-electron chi connectivity index (χ3n) is 5.07. The maximum atomic E-state index is 11.9. The normalized spacial score (nSPS) is 24.2. The molecular weight excluding hydrogens is 276 g/mol. The Morgan fingerprint density at radius 3 is 2.55 bits per heavy atom. The Morgan fingerprint density at radius 2 is 2.09 bits per heavy atom. The molecule has 4 nitrogen and oxygen atoms in total. The number of carbonyl (C=O) groups is 1. The third kappa shape index (κ3) is 3.36. The molecule has 1 N–H and O–H groups in total. The Balaban J connectivity index is 1.96. The highest BCUT2D eigenvalue weighted by molar-refractivity contribution is 5.78. The molecule has 22 heavy (non-hydrogen) atoms. The fourth-order valence-electron chi connectivity index (χ4n) is 2.96. The van der Waals surface area contributed by atoms with Gasteiger partial charge in [0.25, 0.3) is 0 Å². The molecule has 1 amide bonds. The average molecular weight is 306 g/mol. The SMILES string of the molecule is CC(C)C(=O)NC1CC(Cc2cc(C(C)(C)C)on2)C1(C)C. The van der Waals surface area contributed by atoms with Gasteiger partial charge in [-0.2, -0.15) is 0 Å². The lowest BCUT2D eigenvalue weighted by atomic mass is 9.57. The summed E-state index contributed by atoms with van der Waals surface area (Å²) in [5.74, 6) is 1.65. The summed E-state index contributed by atoms with van der Waals surface area (Å²) in [6, 6.07) is 2.34. The average Bonchev–Trinajstić information content (AvgIpc) is 2.85. The highest BCUT2D eigenvalue weighted by Gasteiger charge is 2.48. The number of hydrogen-bond donors (Lipinski definition) is 1. The standard InChI is InChI=1S/C18H30N2O2/c1-11(2)16(21)19-14-9-12(18(14,6)7)8-13-10-15(22-20-13)17(3,4)5/h10-12,14H,8-9H2,1-7H3,(H,19,21). The first kappa shape index (κ1) is 17.0. The van der Waals surface area contributed by atoms with E-state index in [0.717, 1.165) is 24.3 Å². The summed E-state index contributed by atoms with van der Waals surface area (Å²) in [7, 11) is 0. The fraction of sp³-hybridized carbons (Fsp3) is 0.778. The second-order valence-corrected chi connectivity index (χ2v) is 8.61. The monoisotopic (exact) mass is 306 g/mol. The molecule has 0 aliphatic heterocycles. The van der Waals surface area contributed by atoms with E-state index in [2.05, 4.69) is 51.2 Å². The molecular formula is C18H30N2O2. The molecule has 2 unspecified atom stereocenters. The van der Waals surface area contributed by atoms with E-state index in [1.165, 1.54) is 0 Å². The van der Waals surface area contributed by atoms with Gasteiger partial charge in [0.15, 0.2) is 0 Å². The molecule has 0 radical (unpaired) electrons. The molecule has 4 heteroatoms. The van der Waals surface area contributed by atoms with Crippen LogP contribution in [-0.4, -0.2) is 17.1 Å². The van der Waals surface area contributed by atoms with E-state index in [4.69, 9.17) is 4.52 Å². The van der Waals surface area contributed by atoms with Crippen molar-refractivity contribution in [3.8, 4) is 0 Å². The van der Waals surface area contributed by atoms with E-state index >= 15 is 0 Å². The molecule has 1 aliphatic rings. The largest absolute Gasteiger partial charge is 0.361 e. The van der Waals surface area contributed by atoms with Crippen molar-refractivity contribution in [3.63, 3.8) is 0 Å². The molecule has 0 saturated heterocycles. The molecule has 0 aromatic carbocycles. The van der Waals surface area contributed by atoms with Crippen LogP contribution in [0.3, 0.4) is 0 Å². The van der Waals surface area contributed by atoms with Crippen LogP contribution < -0.4 is 5.32 Å². The number of amides is 1. The highest BCUT2D eigenvalue weighted by atomic mass is 16.5. The summed E-state index contributed by atoms with van der Waals surface area (Å²) < 4.78 is 5.47. The van der Waals surface area contributed by atoms with Crippen molar-refractivity contribution in [1.82, 2.24) is 10.5 Å². The molecule has 1 aromatic heterocycles. The molecule has 1 saturated carbocycles. The van der Waals surface area contributed by atoms with E-state index < -0.39 is 0 Å². The van der Waals surface area contributed by atoms with E-state index in [1.807, 2.05) is 13.8 Å². The first-order chi connectivity index (χ1) is 10.0. The first-order valence-corrected chi connectivity index (χ1v) is 8.28. The van der Waals surface area contributed by atoms with Crippen LogP contribution in [0.5, 0.6) is 0 Å². The Labute approximate surface area is 134 Å². The zero-order valence-electron chi connectivity index (χ0n) is 15.0. The Kier molecular flexibility index (Phi) is 4.42. The Bertz CT molecular complexity index is 538. The van der Waals surface area contributed by atoms with Gasteiger partial charge in [0.05, 0.1) is 5.69 Å². The van der Waals surface area contributed by atoms with Gasteiger partial charge < -0.3 is 9.84 Å². The van der Waals surface area contributed by atoms with Gasteiger partial charge in [-0.15, -0.1) is 0 Å². The molecule has 1 fully saturated rings. The van der Waals surface area contributed by atoms with E-state index in [9.17, 15) is 4.79 Å². The Morgan fingerprint density at radius 1 is 1.45 bits per heavy atom. The second-order valence-electron chi connectivity index (χ2n) is 8.61. The zero-order chi connectivity index (χ0) is 16.7. The van der Waals surface area contributed by atoms with Crippen LogP contribution in [0.15, 0.2) is 10.6 Å². The third-order valence-corrected chi connectivity index (χ3v) is 5.07. The molecule has 1 aromatic rings. The predicted octanol–water partition coefficient (Wildman–Crippen LogP) is 3.70. The van der Waals surface area contributed by atoms with Crippen molar-refractivity contribution in [2.75, 3.05) is 0 Å². The van der Waals surface area contributed by atoms with Crippen molar-refractivity contribution >= 4 is 5.91 Å². The number of carbonyl (C=O) groups excluding carboxylic acids is 1. The maximum absolute atomic E-state index is 11.9. The lowest BCUT2D eigenvalue weighted by Crippen LogP contribution is -2.59. The van der Waals surface area contributed by atoms with E-state index in [0.29, 0.717) is 5.92 Å². The van der Waals surface area contributed by atoms with Crippen molar-refractivity contribution < 1.29 is 9.32 Å². The van der Waals surface area contributed by atoms with Gasteiger partial charge in [-0.25, -0.2) is 0 Å². The van der Waals surface area contributed by atoms with Gasteiger partial charge in [0, 0.05) is 23.4 Å². The highest BCUT2D eigenvalue weighted by Crippen LogP contribution is 2.48. The van der Waals surface area contributed by atoms with Crippen LogP contribution in [0.2, 0.25) is 0 Å². The van der Waals surface area contributed by atoms with Gasteiger partial charge in [0.2, 0.25) is 5.91 Å². The zero-order valence-corrected chi connectivity index (χ0v) is 15.0. The minimum atomic E-state index is -0.00580. The molecule has 124 valence electrons. The minimum absolute atomic E-state index is 0.00580. The van der Waals surface area contributed by atoms with Crippen LogP contribution in [0.1, 0.15) is 66.3 Å². The van der Waals surface area contributed by atoms with Gasteiger partial charge in [-0.1, -0.05) is 53.6 Å². The molecule has 2 rings (SSSR count). The Hall–Kier alpha value is -1.32. The van der Waals surface area contributed by atoms with Gasteiger partial charge in [0.1, 0.15) is 5.76 Å². The number of aromatic nitrogens is 1. The quantitative estimate of drug-likeness (QED) is 0.922. The van der Waals surface area contributed by atoms with Crippen molar-refractivity contribution in [3.05, 3.63) is 17.5 Å². The van der Waals surface area contributed by atoms with Gasteiger partial charge >= 0.3 is 0 Å². The summed E-state index contributed by atoms with van der Waals surface area (Å²) in [4.78, 5) is 11.9. The minimum Gasteiger partial charge on any atom is -0.361 e. The van der Waals surface area contributed by atoms with Crippen LogP contribution in [0.4, 0.5) is 0 Å². The van der Waals surface area contributed by atoms with Crippen molar-refractivity contribution in [1.29, 1.82) is 0 Å². The number of nitrogens with zero attached hydrogens (tertiary/aromatic N) is 1. The smallest absolute Gasteiger partial charge is 0.222 e. The first-order valence-electron chi connectivity index (χ1n) is 8.28. The lowest BCUT2D eigenvalue weighted by Gasteiger charge is -2.52. The van der Waals surface area contributed by atoms with Crippen LogP contribution in [-0.2, 0) is 16.6 Å². The van der Waals surface area contributed by atoms with Crippen LogP contribution >= 0.6 is 0 Å². The maximum Gasteiger partial charge on any atom is 0.222 e. The second kappa shape index (κ2) is 5.71. The molecule has 1 heterocycles. The van der Waals surface area contributed by atoms with Crippen LogP contribution in [0, 0.1) is 17.3 Å². The lowest BCUT2D eigenvalue weighted by molar-refractivity contribution is -0.128. The predicted molar refractivity (Wildman–Crippen MR) is 87.6 cm³/mol. The van der Waals surface area contributed by atoms with Gasteiger partial charge in [-0.3, -0.25) is 4.79 Å². The fourth-order valence-corrected chi connectivity index (χ4v) is 2.96. The summed E-state index contributed by atoms with van der Waals surface area (Å²) >= 11 is 0. The van der Waals surface area contributed by atoms with Gasteiger partial charge in [-0.05, 0) is 24.2 Å². The molecule has 0 bridgehead atoms. The van der Waals surface area contributed by atoms with Crippen LogP contribution in [0.25, 0.3) is 0 Å².